The number of morpholine rings is 1. The zero-order valence-corrected chi connectivity index (χ0v) is 10.4. The molecule has 96 valence electrons. The number of aryl methyl sites for hydroxylation is 1. The molecule has 1 aliphatic heterocycles. The Morgan fingerprint density at radius 1 is 1.71 bits per heavy atom. The molecule has 2 rings (SSSR count). The van der Waals surface area contributed by atoms with Gasteiger partial charge in [-0.15, -0.1) is 0 Å². The van der Waals surface area contributed by atoms with Gasteiger partial charge in [0.15, 0.2) is 5.03 Å². The minimum atomic E-state index is -3.50. The number of nitrogens with two attached hydrogens (primary N) is 1. The number of aromatic amines is 1. The summed E-state index contributed by atoms with van der Waals surface area (Å²) in [6, 6.07) is 0. The van der Waals surface area contributed by atoms with Gasteiger partial charge in [-0.3, -0.25) is 0 Å². The van der Waals surface area contributed by atoms with E-state index in [-0.39, 0.29) is 17.7 Å². The molecular formula is C9H16N4O3S. The number of H-pyrrole nitrogens is 1. The van der Waals surface area contributed by atoms with Crippen molar-refractivity contribution in [1.82, 2.24) is 14.3 Å². The van der Waals surface area contributed by atoms with Crippen molar-refractivity contribution in [3.8, 4) is 0 Å². The molecule has 1 unspecified atom stereocenters. The third-order valence-electron chi connectivity index (χ3n) is 2.66. The van der Waals surface area contributed by atoms with Gasteiger partial charge in [-0.25, -0.2) is 13.4 Å². The number of nitrogens with zero attached hydrogens (tertiary/aromatic N) is 2. The lowest BCUT2D eigenvalue weighted by molar-refractivity contribution is 0.00444. The molecule has 7 nitrogen and oxygen atoms in total. The van der Waals surface area contributed by atoms with Crippen molar-refractivity contribution in [1.29, 1.82) is 0 Å². The largest absolute Gasteiger partial charge is 0.374 e. The standard InChI is InChI=1S/C9H16N4O3S/c1-7-11-5-9(12-7)17(14,15)13-2-3-16-8(4-10)6-13/h5,8H,2-4,6,10H2,1H3,(H,11,12). The van der Waals surface area contributed by atoms with Crippen LogP contribution in [0.25, 0.3) is 0 Å². The zero-order chi connectivity index (χ0) is 12.5. The van der Waals surface area contributed by atoms with Crippen LogP contribution in [-0.2, 0) is 14.8 Å². The van der Waals surface area contributed by atoms with Gasteiger partial charge < -0.3 is 15.5 Å². The number of imidazole rings is 1. The van der Waals surface area contributed by atoms with Crippen molar-refractivity contribution >= 4 is 10.0 Å². The fraction of sp³-hybridized carbons (Fsp3) is 0.667. The quantitative estimate of drug-likeness (QED) is 0.731. The Balaban J connectivity index is 2.21. The van der Waals surface area contributed by atoms with Crippen LogP contribution >= 0.6 is 0 Å². The van der Waals surface area contributed by atoms with Crippen LogP contribution in [-0.4, -0.2) is 55.0 Å². The molecule has 0 aliphatic carbocycles. The number of hydrogen-bond donors (Lipinski definition) is 2. The maximum absolute atomic E-state index is 12.2. The van der Waals surface area contributed by atoms with Crippen LogP contribution in [0.4, 0.5) is 0 Å². The Bertz CT molecular complexity index is 484. The molecule has 17 heavy (non-hydrogen) atoms. The molecule has 1 saturated heterocycles. The summed E-state index contributed by atoms with van der Waals surface area (Å²) < 4.78 is 31.2. The Labute approximate surface area is 100 Å². The van der Waals surface area contributed by atoms with E-state index in [0.717, 1.165) is 0 Å². The first kappa shape index (κ1) is 12.5. The van der Waals surface area contributed by atoms with E-state index >= 15 is 0 Å². The molecule has 0 spiro atoms. The van der Waals surface area contributed by atoms with Crippen LogP contribution in [0.2, 0.25) is 0 Å². The molecule has 1 fully saturated rings. The zero-order valence-electron chi connectivity index (χ0n) is 9.59. The molecular weight excluding hydrogens is 244 g/mol. The highest BCUT2D eigenvalue weighted by atomic mass is 32.2. The fourth-order valence-corrected chi connectivity index (χ4v) is 3.14. The molecule has 0 bridgehead atoms. The Morgan fingerprint density at radius 3 is 3.06 bits per heavy atom. The van der Waals surface area contributed by atoms with E-state index in [1.165, 1.54) is 10.5 Å². The van der Waals surface area contributed by atoms with Crippen LogP contribution in [0.1, 0.15) is 5.82 Å². The first-order chi connectivity index (χ1) is 8.04. The summed E-state index contributed by atoms with van der Waals surface area (Å²) in [6.07, 6.45) is 1.10. The molecule has 0 aromatic carbocycles. The van der Waals surface area contributed by atoms with Crippen LogP contribution in [0.3, 0.4) is 0 Å². The highest BCUT2D eigenvalue weighted by Gasteiger charge is 2.31. The second-order valence-corrected chi connectivity index (χ2v) is 5.83. The van der Waals surface area contributed by atoms with Crippen LogP contribution in [0.15, 0.2) is 11.2 Å². The van der Waals surface area contributed by atoms with Gasteiger partial charge in [-0.05, 0) is 6.92 Å². The predicted molar refractivity (Wildman–Crippen MR) is 60.9 cm³/mol. The molecule has 0 amide bonds. The molecule has 2 heterocycles. The first-order valence-corrected chi connectivity index (χ1v) is 6.81. The highest BCUT2D eigenvalue weighted by Crippen LogP contribution is 2.16. The lowest BCUT2D eigenvalue weighted by Crippen LogP contribution is -2.48. The Morgan fingerprint density at radius 2 is 2.47 bits per heavy atom. The molecule has 3 N–H and O–H groups in total. The Hall–Kier alpha value is -0.960. The lowest BCUT2D eigenvalue weighted by Gasteiger charge is -2.30. The van der Waals surface area contributed by atoms with Crippen molar-refractivity contribution in [2.24, 2.45) is 5.73 Å². The molecule has 8 heteroatoms. The molecule has 1 aromatic rings. The monoisotopic (exact) mass is 260 g/mol. The number of sulfonamides is 1. The second kappa shape index (κ2) is 4.73. The average Bonchev–Trinajstić information content (AvgIpc) is 2.76. The fourth-order valence-electron chi connectivity index (χ4n) is 1.72. The summed E-state index contributed by atoms with van der Waals surface area (Å²) in [5.41, 5.74) is 5.48. The van der Waals surface area contributed by atoms with E-state index in [1.807, 2.05) is 0 Å². The van der Waals surface area contributed by atoms with Crippen LogP contribution < -0.4 is 5.73 Å². The number of hydrogen-bond acceptors (Lipinski definition) is 5. The minimum Gasteiger partial charge on any atom is -0.374 e. The summed E-state index contributed by atoms with van der Waals surface area (Å²) in [5.74, 6) is 0.576. The van der Waals surface area contributed by atoms with Gasteiger partial charge in [0.25, 0.3) is 10.0 Å². The predicted octanol–water partition coefficient (Wildman–Crippen LogP) is -0.934. The van der Waals surface area contributed by atoms with E-state index in [0.29, 0.717) is 25.5 Å². The van der Waals surface area contributed by atoms with Gasteiger partial charge in [0.1, 0.15) is 5.82 Å². The maximum atomic E-state index is 12.2. The number of rotatable bonds is 3. The van der Waals surface area contributed by atoms with Crippen molar-refractivity contribution < 1.29 is 13.2 Å². The van der Waals surface area contributed by atoms with E-state index in [2.05, 4.69) is 9.97 Å². The van der Waals surface area contributed by atoms with Gasteiger partial charge in [-0.2, -0.15) is 4.31 Å². The summed E-state index contributed by atoms with van der Waals surface area (Å²) in [7, 11) is -3.50. The number of ether oxygens (including phenoxy) is 1. The van der Waals surface area contributed by atoms with Crippen molar-refractivity contribution in [2.75, 3.05) is 26.2 Å². The molecule has 1 aliphatic rings. The van der Waals surface area contributed by atoms with Gasteiger partial charge in [0, 0.05) is 19.6 Å². The molecule has 1 atom stereocenters. The van der Waals surface area contributed by atoms with Gasteiger partial charge >= 0.3 is 0 Å². The summed E-state index contributed by atoms with van der Waals surface area (Å²) in [5, 5.41) is 0.118. The molecule has 1 aromatic heterocycles. The topological polar surface area (TPSA) is 101 Å². The first-order valence-electron chi connectivity index (χ1n) is 5.37. The van der Waals surface area contributed by atoms with Gasteiger partial charge in [-0.1, -0.05) is 0 Å². The molecule has 0 radical (unpaired) electrons. The second-order valence-electron chi connectivity index (χ2n) is 3.92. The average molecular weight is 260 g/mol. The van der Waals surface area contributed by atoms with E-state index < -0.39 is 10.0 Å². The van der Waals surface area contributed by atoms with Gasteiger partial charge in [0.2, 0.25) is 0 Å². The van der Waals surface area contributed by atoms with Crippen LogP contribution in [0, 0.1) is 6.92 Å². The van der Waals surface area contributed by atoms with E-state index in [9.17, 15) is 8.42 Å². The summed E-state index contributed by atoms with van der Waals surface area (Å²) in [4.78, 5) is 6.63. The van der Waals surface area contributed by atoms with Gasteiger partial charge in [0.05, 0.1) is 18.9 Å². The number of aromatic nitrogens is 2. The number of nitrogens with one attached hydrogen (secondary N) is 1. The van der Waals surface area contributed by atoms with E-state index in [4.69, 9.17) is 10.5 Å². The summed E-state index contributed by atoms with van der Waals surface area (Å²) in [6.45, 7) is 3.02. The SMILES string of the molecule is Cc1ncc(S(=O)(=O)N2CCOC(CN)C2)[nH]1. The smallest absolute Gasteiger partial charge is 0.260 e. The maximum Gasteiger partial charge on any atom is 0.260 e. The van der Waals surface area contributed by atoms with Crippen molar-refractivity contribution in [2.45, 2.75) is 18.1 Å². The van der Waals surface area contributed by atoms with Crippen molar-refractivity contribution in [3.63, 3.8) is 0 Å². The minimum absolute atomic E-state index is 0.118. The molecule has 0 saturated carbocycles. The third-order valence-corrected chi connectivity index (χ3v) is 4.44. The van der Waals surface area contributed by atoms with Crippen LogP contribution in [0.5, 0.6) is 0 Å². The normalized spacial score (nSPS) is 22.8. The highest BCUT2D eigenvalue weighted by molar-refractivity contribution is 7.89. The Kier molecular flexibility index (Phi) is 3.48. The third kappa shape index (κ3) is 2.49. The van der Waals surface area contributed by atoms with Crippen molar-refractivity contribution in [3.05, 3.63) is 12.0 Å². The summed E-state index contributed by atoms with van der Waals surface area (Å²) >= 11 is 0. The van der Waals surface area contributed by atoms with E-state index in [1.54, 1.807) is 6.92 Å². The lowest BCUT2D eigenvalue weighted by atomic mass is 10.3.